The van der Waals surface area contributed by atoms with Crippen LogP contribution in [0.2, 0.25) is 0 Å². The zero-order chi connectivity index (χ0) is 16.1. The first kappa shape index (κ1) is 16.0. The molecule has 0 radical (unpaired) electrons. The summed E-state index contributed by atoms with van der Waals surface area (Å²) >= 11 is 0. The number of oxime groups is 1. The highest BCUT2D eigenvalue weighted by Gasteiger charge is 2.31. The molecule has 0 aliphatic carbocycles. The molecule has 1 aliphatic heterocycles. The van der Waals surface area contributed by atoms with E-state index in [1.165, 1.54) is 0 Å². The smallest absolute Gasteiger partial charge is 0.326 e. The summed E-state index contributed by atoms with van der Waals surface area (Å²) in [7, 11) is 0. The van der Waals surface area contributed by atoms with Gasteiger partial charge in [0.25, 0.3) is 5.91 Å². The van der Waals surface area contributed by atoms with Crippen molar-refractivity contribution in [2.75, 3.05) is 0 Å². The Bertz CT molecular complexity index is 569. The van der Waals surface area contributed by atoms with Crippen molar-refractivity contribution in [3.63, 3.8) is 0 Å². The number of carbonyl (C=O) groups is 2. The molecule has 6 heteroatoms. The Morgan fingerprint density at radius 3 is 2.64 bits per heavy atom. The second-order valence-electron chi connectivity index (χ2n) is 5.73. The Morgan fingerprint density at radius 1 is 1.36 bits per heavy atom. The molecule has 1 aliphatic rings. The van der Waals surface area contributed by atoms with Gasteiger partial charge in [0, 0.05) is 6.42 Å². The standard InChI is InChI=1S/C16H20N2O4/c1-10(2)8-13(16(20)21)17-15(19)14-9-12(18-22-14)11-6-4-3-5-7-11/h3-7,10,13-14H,8-9H2,1-2H3,(H,17,19)(H,20,21)/t13-,14?/m1/s1. The number of hydrogen-bond acceptors (Lipinski definition) is 4. The first-order chi connectivity index (χ1) is 10.5. The minimum Gasteiger partial charge on any atom is -0.480 e. The SMILES string of the molecule is CC(C)C[C@@H](NC(=O)C1CC(c2ccccc2)=NO1)C(=O)O. The molecule has 1 aromatic rings. The minimum absolute atomic E-state index is 0.169. The van der Waals surface area contributed by atoms with Gasteiger partial charge < -0.3 is 15.3 Å². The summed E-state index contributed by atoms with van der Waals surface area (Å²) in [5, 5.41) is 15.6. The van der Waals surface area contributed by atoms with E-state index in [0.29, 0.717) is 18.6 Å². The summed E-state index contributed by atoms with van der Waals surface area (Å²) in [4.78, 5) is 28.5. The summed E-state index contributed by atoms with van der Waals surface area (Å²) < 4.78 is 0. The van der Waals surface area contributed by atoms with Crippen LogP contribution in [0.15, 0.2) is 35.5 Å². The quantitative estimate of drug-likeness (QED) is 0.838. The van der Waals surface area contributed by atoms with Gasteiger partial charge in [0.2, 0.25) is 6.10 Å². The van der Waals surface area contributed by atoms with Gasteiger partial charge in [-0.15, -0.1) is 0 Å². The van der Waals surface area contributed by atoms with E-state index in [1.54, 1.807) is 0 Å². The van der Waals surface area contributed by atoms with E-state index < -0.39 is 24.0 Å². The van der Waals surface area contributed by atoms with Crippen molar-refractivity contribution in [1.82, 2.24) is 5.32 Å². The van der Waals surface area contributed by atoms with Crippen LogP contribution < -0.4 is 5.32 Å². The van der Waals surface area contributed by atoms with Crippen molar-refractivity contribution < 1.29 is 19.5 Å². The lowest BCUT2D eigenvalue weighted by molar-refractivity contribution is -0.144. The molecule has 0 saturated heterocycles. The number of rotatable bonds is 6. The van der Waals surface area contributed by atoms with Crippen LogP contribution in [-0.2, 0) is 14.4 Å². The number of nitrogens with one attached hydrogen (secondary N) is 1. The van der Waals surface area contributed by atoms with Gasteiger partial charge >= 0.3 is 5.97 Å². The van der Waals surface area contributed by atoms with Crippen LogP contribution in [0.4, 0.5) is 0 Å². The predicted octanol–water partition coefficient (Wildman–Crippen LogP) is 1.80. The third-order valence-electron chi connectivity index (χ3n) is 3.39. The summed E-state index contributed by atoms with van der Waals surface area (Å²) in [5.74, 6) is -1.31. The first-order valence-corrected chi connectivity index (χ1v) is 7.28. The Kier molecular flexibility index (Phi) is 5.14. The van der Waals surface area contributed by atoms with E-state index in [0.717, 1.165) is 5.56 Å². The molecule has 118 valence electrons. The number of carboxylic acids is 1. The molecule has 22 heavy (non-hydrogen) atoms. The molecular formula is C16H20N2O4. The van der Waals surface area contributed by atoms with Crippen molar-refractivity contribution in [1.29, 1.82) is 0 Å². The van der Waals surface area contributed by atoms with E-state index in [1.807, 2.05) is 44.2 Å². The highest BCUT2D eigenvalue weighted by Crippen LogP contribution is 2.17. The van der Waals surface area contributed by atoms with E-state index in [9.17, 15) is 9.59 Å². The van der Waals surface area contributed by atoms with Crippen molar-refractivity contribution in [3.05, 3.63) is 35.9 Å². The molecule has 2 rings (SSSR count). The van der Waals surface area contributed by atoms with Crippen LogP contribution >= 0.6 is 0 Å². The van der Waals surface area contributed by atoms with Crippen LogP contribution in [0.5, 0.6) is 0 Å². The average Bonchev–Trinajstić information content (AvgIpc) is 2.96. The van der Waals surface area contributed by atoms with Gasteiger partial charge in [0.15, 0.2) is 0 Å². The maximum absolute atomic E-state index is 12.1. The molecule has 1 unspecified atom stereocenters. The van der Waals surface area contributed by atoms with Crippen molar-refractivity contribution in [3.8, 4) is 0 Å². The molecule has 0 saturated carbocycles. The van der Waals surface area contributed by atoms with Gasteiger partial charge in [-0.05, 0) is 17.9 Å². The second-order valence-corrected chi connectivity index (χ2v) is 5.73. The number of aliphatic carboxylic acids is 1. The maximum Gasteiger partial charge on any atom is 0.326 e. The Morgan fingerprint density at radius 2 is 2.05 bits per heavy atom. The number of carboxylic acid groups (broad SMARTS) is 1. The lowest BCUT2D eigenvalue weighted by Crippen LogP contribution is -2.46. The Balaban J connectivity index is 1.94. The van der Waals surface area contributed by atoms with E-state index >= 15 is 0 Å². The van der Waals surface area contributed by atoms with Crippen LogP contribution in [0.25, 0.3) is 0 Å². The molecule has 2 atom stereocenters. The van der Waals surface area contributed by atoms with Crippen LogP contribution in [0.1, 0.15) is 32.3 Å². The fourth-order valence-corrected chi connectivity index (χ4v) is 2.28. The van der Waals surface area contributed by atoms with Crippen LogP contribution in [0, 0.1) is 5.92 Å². The molecule has 6 nitrogen and oxygen atoms in total. The lowest BCUT2D eigenvalue weighted by atomic mass is 10.0. The van der Waals surface area contributed by atoms with Gasteiger partial charge in [0.1, 0.15) is 6.04 Å². The van der Waals surface area contributed by atoms with Crippen molar-refractivity contribution in [2.24, 2.45) is 11.1 Å². The third kappa shape index (κ3) is 4.07. The summed E-state index contributed by atoms with van der Waals surface area (Å²) in [6.07, 6.45) is -0.0615. The largest absolute Gasteiger partial charge is 0.480 e. The third-order valence-corrected chi connectivity index (χ3v) is 3.39. The van der Waals surface area contributed by atoms with E-state index in [-0.39, 0.29) is 5.92 Å². The molecular weight excluding hydrogens is 284 g/mol. The topological polar surface area (TPSA) is 88.0 Å². The number of benzene rings is 1. The average molecular weight is 304 g/mol. The zero-order valence-corrected chi connectivity index (χ0v) is 12.7. The molecule has 0 aromatic heterocycles. The Labute approximate surface area is 129 Å². The van der Waals surface area contributed by atoms with Gasteiger partial charge in [0.05, 0.1) is 5.71 Å². The van der Waals surface area contributed by atoms with Crippen molar-refractivity contribution in [2.45, 2.75) is 38.8 Å². The molecule has 0 bridgehead atoms. The normalized spacial score (nSPS) is 18.5. The van der Waals surface area contributed by atoms with Gasteiger partial charge in [-0.25, -0.2) is 4.79 Å². The van der Waals surface area contributed by atoms with Crippen LogP contribution in [-0.4, -0.2) is 34.8 Å². The molecule has 1 amide bonds. The van der Waals surface area contributed by atoms with E-state index in [2.05, 4.69) is 10.5 Å². The minimum atomic E-state index is -1.04. The molecule has 2 N–H and O–H groups in total. The Hall–Kier alpha value is -2.37. The summed E-state index contributed by atoms with van der Waals surface area (Å²) in [5.41, 5.74) is 1.59. The number of hydrogen-bond donors (Lipinski definition) is 2. The first-order valence-electron chi connectivity index (χ1n) is 7.28. The molecule has 1 aromatic carbocycles. The molecule has 1 heterocycles. The monoisotopic (exact) mass is 304 g/mol. The number of amides is 1. The van der Waals surface area contributed by atoms with E-state index in [4.69, 9.17) is 9.94 Å². The number of carbonyl (C=O) groups excluding carboxylic acids is 1. The fraction of sp³-hybridized carbons (Fsp3) is 0.438. The fourth-order valence-electron chi connectivity index (χ4n) is 2.28. The predicted molar refractivity (Wildman–Crippen MR) is 81.5 cm³/mol. The number of nitrogens with zero attached hydrogens (tertiary/aromatic N) is 1. The van der Waals surface area contributed by atoms with Crippen molar-refractivity contribution >= 4 is 17.6 Å². The second kappa shape index (κ2) is 7.06. The zero-order valence-electron chi connectivity index (χ0n) is 12.7. The summed E-state index contributed by atoms with van der Waals surface area (Å²) in [6, 6.07) is 8.54. The lowest BCUT2D eigenvalue weighted by Gasteiger charge is -2.18. The molecule has 0 fully saturated rings. The van der Waals surface area contributed by atoms with Crippen LogP contribution in [0.3, 0.4) is 0 Å². The van der Waals surface area contributed by atoms with Gasteiger partial charge in [-0.3, -0.25) is 4.79 Å². The maximum atomic E-state index is 12.1. The van der Waals surface area contributed by atoms with Gasteiger partial charge in [-0.1, -0.05) is 49.3 Å². The molecule has 0 spiro atoms. The summed E-state index contributed by atoms with van der Waals surface area (Å²) in [6.45, 7) is 3.82. The highest BCUT2D eigenvalue weighted by molar-refractivity contribution is 6.04. The highest BCUT2D eigenvalue weighted by atomic mass is 16.6. The van der Waals surface area contributed by atoms with Gasteiger partial charge in [-0.2, -0.15) is 0 Å².